The van der Waals surface area contributed by atoms with Crippen LogP contribution in [0.2, 0.25) is 0 Å². The fraction of sp³-hybridized carbons (Fsp3) is 0.842. The molecule has 2 saturated carbocycles. The molecular weight excluding hydrogens is 260 g/mol. The number of rotatable bonds is 0. The topological polar surface area (TPSA) is 37.3 Å². The van der Waals surface area contributed by atoms with Gasteiger partial charge in [-0.15, -0.1) is 0 Å². The average molecular weight is 288 g/mol. The predicted molar refractivity (Wildman–Crippen MR) is 82.6 cm³/mol. The minimum Gasteiger partial charge on any atom is -0.392 e. The average Bonchev–Trinajstić information content (AvgIpc) is 2.69. The third-order valence-electron chi connectivity index (χ3n) is 7.32. The second-order valence-electron chi connectivity index (χ2n) is 8.64. The number of carbonyl (C=O) groups is 1. The van der Waals surface area contributed by atoms with Crippen LogP contribution in [0.1, 0.15) is 59.3 Å². The van der Waals surface area contributed by atoms with Crippen molar-refractivity contribution in [2.45, 2.75) is 65.4 Å². The number of aliphatic hydroxyl groups is 1. The van der Waals surface area contributed by atoms with Gasteiger partial charge in [0.1, 0.15) is 5.78 Å². The van der Waals surface area contributed by atoms with Crippen molar-refractivity contribution in [1.29, 1.82) is 0 Å². The lowest BCUT2D eigenvalue weighted by molar-refractivity contribution is -0.127. The van der Waals surface area contributed by atoms with Crippen molar-refractivity contribution in [3.63, 3.8) is 0 Å². The SMILES string of the molecule is C[C@@H]1CC[C@@H]2C3=C4[C@@H](C(=O)C[C@]3(C)CC[C@@H]2C)[C@@H](O)C[C@H]41. The standard InChI is InChI=1S/C19H28O2/c1-10-4-5-12-11(2)6-7-19(3)9-15(21)17-14(20)8-13(10)16(17)18(12)19/h10-14,17,20H,4-9H2,1-3H3/t10-,11+,12+,13+,14+,17-,19+/m1/s1. The van der Waals surface area contributed by atoms with Crippen molar-refractivity contribution in [2.24, 2.45) is 35.0 Å². The summed E-state index contributed by atoms with van der Waals surface area (Å²) >= 11 is 0. The highest BCUT2D eigenvalue weighted by Gasteiger charge is 2.56. The molecule has 4 aliphatic carbocycles. The highest BCUT2D eigenvalue weighted by Crippen LogP contribution is 2.61. The van der Waals surface area contributed by atoms with Crippen LogP contribution < -0.4 is 0 Å². The van der Waals surface area contributed by atoms with Crippen LogP contribution in [0.5, 0.6) is 0 Å². The van der Waals surface area contributed by atoms with Gasteiger partial charge in [0.15, 0.2) is 0 Å². The van der Waals surface area contributed by atoms with Crippen LogP contribution in [0.3, 0.4) is 0 Å². The van der Waals surface area contributed by atoms with E-state index in [-0.39, 0.29) is 11.3 Å². The number of allylic oxidation sites excluding steroid dienone is 1. The zero-order chi connectivity index (χ0) is 14.9. The van der Waals surface area contributed by atoms with Crippen molar-refractivity contribution in [2.75, 3.05) is 0 Å². The summed E-state index contributed by atoms with van der Waals surface area (Å²) in [5.41, 5.74) is 3.16. The predicted octanol–water partition coefficient (Wildman–Crippen LogP) is 3.74. The molecule has 0 aliphatic heterocycles. The first kappa shape index (κ1) is 14.0. The molecule has 2 fully saturated rings. The van der Waals surface area contributed by atoms with Crippen molar-refractivity contribution in [3.05, 3.63) is 11.1 Å². The Morgan fingerprint density at radius 1 is 1.10 bits per heavy atom. The first-order valence-electron chi connectivity index (χ1n) is 8.87. The van der Waals surface area contributed by atoms with E-state index >= 15 is 0 Å². The summed E-state index contributed by atoms with van der Waals surface area (Å²) in [6, 6.07) is 0. The largest absolute Gasteiger partial charge is 0.392 e. The van der Waals surface area contributed by atoms with Gasteiger partial charge in [0.2, 0.25) is 0 Å². The molecule has 4 rings (SSSR count). The van der Waals surface area contributed by atoms with Gasteiger partial charge in [-0.1, -0.05) is 31.9 Å². The van der Waals surface area contributed by atoms with Crippen LogP contribution in [0.4, 0.5) is 0 Å². The highest BCUT2D eigenvalue weighted by atomic mass is 16.3. The lowest BCUT2D eigenvalue weighted by atomic mass is 9.55. The Kier molecular flexibility index (Phi) is 2.96. The van der Waals surface area contributed by atoms with E-state index in [2.05, 4.69) is 20.8 Å². The number of Topliss-reactive ketones (excluding diaryl/α,β-unsaturated/α-hetero) is 1. The van der Waals surface area contributed by atoms with Crippen LogP contribution >= 0.6 is 0 Å². The monoisotopic (exact) mass is 288 g/mol. The highest BCUT2D eigenvalue weighted by molar-refractivity contribution is 5.88. The van der Waals surface area contributed by atoms with E-state index in [9.17, 15) is 9.90 Å². The summed E-state index contributed by atoms with van der Waals surface area (Å²) in [5, 5.41) is 10.5. The molecule has 0 aromatic heterocycles. The van der Waals surface area contributed by atoms with E-state index < -0.39 is 6.10 Å². The van der Waals surface area contributed by atoms with Gasteiger partial charge >= 0.3 is 0 Å². The zero-order valence-electron chi connectivity index (χ0n) is 13.6. The van der Waals surface area contributed by atoms with Crippen LogP contribution in [0.25, 0.3) is 0 Å². The zero-order valence-corrected chi connectivity index (χ0v) is 13.6. The number of ketones is 1. The molecule has 0 heterocycles. The maximum atomic E-state index is 12.7. The number of hydrogen-bond donors (Lipinski definition) is 1. The Bertz CT molecular complexity index is 520. The normalized spacial score (nSPS) is 52.7. The number of hydrogen-bond acceptors (Lipinski definition) is 2. The maximum Gasteiger partial charge on any atom is 0.143 e. The Hall–Kier alpha value is -0.630. The van der Waals surface area contributed by atoms with Gasteiger partial charge < -0.3 is 5.11 Å². The van der Waals surface area contributed by atoms with E-state index in [0.29, 0.717) is 30.0 Å². The Morgan fingerprint density at radius 3 is 2.57 bits per heavy atom. The van der Waals surface area contributed by atoms with Gasteiger partial charge in [-0.3, -0.25) is 4.79 Å². The Labute approximate surface area is 128 Å². The van der Waals surface area contributed by atoms with Crippen LogP contribution in [-0.4, -0.2) is 17.0 Å². The molecule has 0 aromatic rings. The van der Waals surface area contributed by atoms with Crippen molar-refractivity contribution in [1.82, 2.24) is 0 Å². The number of aliphatic hydroxyl groups excluding tert-OH is 1. The summed E-state index contributed by atoms with van der Waals surface area (Å²) in [4.78, 5) is 12.7. The van der Waals surface area contributed by atoms with Gasteiger partial charge in [0.25, 0.3) is 0 Å². The first-order valence-corrected chi connectivity index (χ1v) is 8.87. The third-order valence-corrected chi connectivity index (χ3v) is 7.32. The molecule has 0 aromatic carbocycles. The third kappa shape index (κ3) is 1.78. The van der Waals surface area contributed by atoms with Gasteiger partial charge in [-0.2, -0.15) is 0 Å². The number of carbonyl (C=O) groups excluding carboxylic acids is 1. The van der Waals surface area contributed by atoms with E-state index in [0.717, 1.165) is 12.3 Å². The van der Waals surface area contributed by atoms with Crippen LogP contribution in [-0.2, 0) is 4.79 Å². The molecule has 1 N–H and O–H groups in total. The summed E-state index contributed by atoms with van der Waals surface area (Å²) < 4.78 is 0. The van der Waals surface area contributed by atoms with Gasteiger partial charge in [0, 0.05) is 6.42 Å². The molecule has 116 valence electrons. The van der Waals surface area contributed by atoms with Crippen molar-refractivity contribution in [3.8, 4) is 0 Å². The van der Waals surface area contributed by atoms with Crippen molar-refractivity contribution < 1.29 is 9.90 Å². The molecule has 0 radical (unpaired) electrons. The van der Waals surface area contributed by atoms with E-state index in [1.807, 2.05) is 0 Å². The summed E-state index contributed by atoms with van der Waals surface area (Å²) in [7, 11) is 0. The van der Waals surface area contributed by atoms with Gasteiger partial charge in [-0.05, 0) is 61.2 Å². The molecule has 0 spiro atoms. The van der Waals surface area contributed by atoms with E-state index in [1.54, 1.807) is 5.57 Å². The second kappa shape index (κ2) is 4.44. The quantitative estimate of drug-likeness (QED) is 0.690. The Morgan fingerprint density at radius 2 is 1.81 bits per heavy atom. The molecule has 4 aliphatic rings. The van der Waals surface area contributed by atoms with Gasteiger partial charge in [-0.25, -0.2) is 0 Å². The smallest absolute Gasteiger partial charge is 0.143 e. The molecule has 0 saturated heterocycles. The maximum absolute atomic E-state index is 12.7. The van der Waals surface area contributed by atoms with Crippen LogP contribution in [0.15, 0.2) is 11.1 Å². The lowest BCUT2D eigenvalue weighted by Gasteiger charge is -2.49. The fourth-order valence-corrected chi connectivity index (χ4v) is 6.18. The molecule has 0 amide bonds. The van der Waals surface area contributed by atoms with E-state index in [1.165, 1.54) is 31.3 Å². The molecule has 0 bridgehead atoms. The summed E-state index contributed by atoms with van der Waals surface area (Å²) in [5.74, 6) is 2.70. The molecule has 0 unspecified atom stereocenters. The molecule has 21 heavy (non-hydrogen) atoms. The van der Waals surface area contributed by atoms with Gasteiger partial charge in [0.05, 0.1) is 12.0 Å². The summed E-state index contributed by atoms with van der Waals surface area (Å²) in [6.07, 6.45) is 6.08. The fourth-order valence-electron chi connectivity index (χ4n) is 6.18. The van der Waals surface area contributed by atoms with Crippen molar-refractivity contribution >= 4 is 5.78 Å². The molecule has 2 heteroatoms. The first-order chi connectivity index (χ1) is 9.92. The molecular formula is C19H28O2. The van der Waals surface area contributed by atoms with E-state index in [4.69, 9.17) is 0 Å². The summed E-state index contributed by atoms with van der Waals surface area (Å²) in [6.45, 7) is 7.07. The molecule has 7 atom stereocenters. The molecule has 2 nitrogen and oxygen atoms in total. The second-order valence-corrected chi connectivity index (χ2v) is 8.64. The Balaban J connectivity index is 1.94. The minimum absolute atomic E-state index is 0.104. The lowest BCUT2D eigenvalue weighted by Crippen LogP contribution is -2.43. The minimum atomic E-state index is -0.409. The van der Waals surface area contributed by atoms with Crippen LogP contribution in [0, 0.1) is 35.0 Å².